The van der Waals surface area contributed by atoms with Gasteiger partial charge in [0.1, 0.15) is 11.8 Å². The predicted molar refractivity (Wildman–Crippen MR) is 112 cm³/mol. The van der Waals surface area contributed by atoms with Gasteiger partial charge in [-0.15, -0.1) is 0 Å². The summed E-state index contributed by atoms with van der Waals surface area (Å²) in [5.41, 5.74) is 8.95. The van der Waals surface area contributed by atoms with E-state index in [1.807, 2.05) is 4.90 Å². The van der Waals surface area contributed by atoms with Crippen molar-refractivity contribution in [2.24, 2.45) is 0 Å². The number of nitrogens with zero attached hydrogens (tertiary/aromatic N) is 4. The molecule has 3 aliphatic rings. The van der Waals surface area contributed by atoms with Gasteiger partial charge in [-0.05, 0) is 37.1 Å². The average Bonchev–Trinajstić information content (AvgIpc) is 3.19. The first-order valence-corrected chi connectivity index (χ1v) is 10.4. The van der Waals surface area contributed by atoms with Gasteiger partial charge in [-0.2, -0.15) is 9.97 Å². The van der Waals surface area contributed by atoms with Gasteiger partial charge in [-0.1, -0.05) is 24.3 Å². The van der Waals surface area contributed by atoms with Crippen LogP contribution in [-0.4, -0.2) is 59.7 Å². The van der Waals surface area contributed by atoms with Crippen LogP contribution in [0.1, 0.15) is 24.0 Å². The molecule has 0 saturated carbocycles. The molecule has 3 N–H and O–H groups in total. The number of nitrogens with two attached hydrogens (primary N) is 1. The number of benzene rings is 1. The maximum absolute atomic E-state index is 12.3. The molecule has 3 aliphatic heterocycles. The van der Waals surface area contributed by atoms with E-state index in [9.17, 15) is 4.79 Å². The monoisotopic (exact) mass is 410 g/mol. The number of rotatable bonds is 6. The van der Waals surface area contributed by atoms with Crippen LogP contribution in [0.5, 0.6) is 6.01 Å². The quantitative estimate of drug-likeness (QED) is 0.736. The first-order valence-electron chi connectivity index (χ1n) is 10.4. The van der Waals surface area contributed by atoms with E-state index in [0.29, 0.717) is 31.3 Å². The molecule has 9 nitrogen and oxygen atoms in total. The number of carbonyl (C=O) groups excluding carboxylic acids is 1. The summed E-state index contributed by atoms with van der Waals surface area (Å²) in [6, 6.07) is 8.73. The Balaban J connectivity index is 1.37. The molecule has 2 aromatic rings. The Bertz CT molecular complexity index is 942. The van der Waals surface area contributed by atoms with Crippen molar-refractivity contribution in [2.75, 3.05) is 48.8 Å². The number of hydrogen-bond donors (Lipinski definition) is 2. The molecule has 158 valence electrons. The first-order chi connectivity index (χ1) is 14.6. The van der Waals surface area contributed by atoms with Gasteiger partial charge < -0.3 is 25.4 Å². The van der Waals surface area contributed by atoms with Crippen LogP contribution in [0.15, 0.2) is 24.3 Å². The van der Waals surface area contributed by atoms with Crippen LogP contribution in [0, 0.1) is 0 Å². The third kappa shape index (κ3) is 4.03. The van der Waals surface area contributed by atoms with Gasteiger partial charge in [0, 0.05) is 13.1 Å². The molecular formula is C21H26N6O3. The van der Waals surface area contributed by atoms with E-state index in [2.05, 4.69) is 44.5 Å². The highest BCUT2D eigenvalue weighted by Gasteiger charge is 2.29. The summed E-state index contributed by atoms with van der Waals surface area (Å²) in [7, 11) is 0. The summed E-state index contributed by atoms with van der Waals surface area (Å²) in [5, 5.41) is 2.79. The van der Waals surface area contributed by atoms with E-state index >= 15 is 0 Å². The zero-order chi connectivity index (χ0) is 20.5. The Morgan fingerprint density at radius 3 is 2.67 bits per heavy atom. The standard InChI is InChI=1S/C21H26N6O3/c22-19-18-20(25-21(24-19)30-16-12-29-13-16)27(11-17(28)23-18)10-15-5-3-4-14(8-15)9-26-6-1-2-7-26/h3-5,8,16H,1-2,6-7,9-13H2,(H,23,28)(H2,22,24,25). The number of carbonyl (C=O) groups is 1. The molecule has 4 heterocycles. The minimum Gasteiger partial charge on any atom is -0.455 e. The van der Waals surface area contributed by atoms with Crippen molar-refractivity contribution in [1.82, 2.24) is 14.9 Å². The SMILES string of the molecule is Nc1nc(OC2COC2)nc2c1NC(=O)CN2Cc1cccc(CN2CCCC2)c1. The van der Waals surface area contributed by atoms with Crippen LogP contribution >= 0.6 is 0 Å². The summed E-state index contributed by atoms with van der Waals surface area (Å²) < 4.78 is 10.9. The molecule has 0 spiro atoms. The molecule has 1 amide bonds. The van der Waals surface area contributed by atoms with Crippen molar-refractivity contribution < 1.29 is 14.3 Å². The molecule has 2 fully saturated rings. The van der Waals surface area contributed by atoms with Gasteiger partial charge in [0.05, 0.1) is 19.8 Å². The zero-order valence-corrected chi connectivity index (χ0v) is 16.8. The van der Waals surface area contributed by atoms with Gasteiger partial charge in [0.15, 0.2) is 11.6 Å². The minimum absolute atomic E-state index is 0.0589. The second kappa shape index (κ2) is 8.08. The van der Waals surface area contributed by atoms with E-state index in [4.69, 9.17) is 15.2 Å². The molecule has 0 unspecified atom stereocenters. The van der Waals surface area contributed by atoms with Crippen molar-refractivity contribution in [3.05, 3.63) is 35.4 Å². The molecule has 0 bridgehead atoms. The number of likely N-dealkylation sites (tertiary alicyclic amines) is 1. The van der Waals surface area contributed by atoms with Crippen LogP contribution < -0.4 is 20.7 Å². The zero-order valence-electron chi connectivity index (χ0n) is 16.8. The molecule has 0 aliphatic carbocycles. The van der Waals surface area contributed by atoms with Crippen molar-refractivity contribution in [3.8, 4) is 6.01 Å². The highest BCUT2D eigenvalue weighted by atomic mass is 16.6. The van der Waals surface area contributed by atoms with E-state index in [1.54, 1.807) is 0 Å². The molecular weight excluding hydrogens is 384 g/mol. The second-order valence-corrected chi connectivity index (χ2v) is 8.07. The molecule has 0 radical (unpaired) electrons. The number of fused-ring (bicyclic) bond motifs is 1. The number of ether oxygens (including phenoxy) is 2. The van der Waals surface area contributed by atoms with Gasteiger partial charge in [-0.3, -0.25) is 9.69 Å². The summed E-state index contributed by atoms with van der Waals surface area (Å²) >= 11 is 0. The Hall–Kier alpha value is -2.91. The van der Waals surface area contributed by atoms with E-state index in [0.717, 1.165) is 25.2 Å². The molecule has 5 rings (SSSR count). The summed E-state index contributed by atoms with van der Waals surface area (Å²) in [6.45, 7) is 5.07. The fourth-order valence-electron chi connectivity index (χ4n) is 4.08. The third-order valence-electron chi connectivity index (χ3n) is 5.65. The normalized spacial score (nSPS) is 19.3. The van der Waals surface area contributed by atoms with Crippen LogP contribution in [0.4, 0.5) is 17.3 Å². The lowest BCUT2D eigenvalue weighted by Gasteiger charge is -2.31. The second-order valence-electron chi connectivity index (χ2n) is 8.07. The highest BCUT2D eigenvalue weighted by molar-refractivity contribution is 6.03. The Morgan fingerprint density at radius 2 is 1.93 bits per heavy atom. The topological polar surface area (TPSA) is 106 Å². The van der Waals surface area contributed by atoms with E-state index in [1.165, 1.54) is 18.4 Å². The number of aromatic nitrogens is 2. The molecule has 1 aromatic heterocycles. The Labute approximate surface area is 175 Å². The van der Waals surface area contributed by atoms with Crippen LogP contribution in [-0.2, 0) is 22.6 Å². The number of nitrogens with one attached hydrogen (secondary N) is 1. The summed E-state index contributed by atoms with van der Waals surface area (Å²) in [5.74, 6) is 0.658. The lowest BCUT2D eigenvalue weighted by Crippen LogP contribution is -2.41. The lowest BCUT2D eigenvalue weighted by molar-refractivity contribution is -0.115. The van der Waals surface area contributed by atoms with Gasteiger partial charge >= 0.3 is 6.01 Å². The van der Waals surface area contributed by atoms with Crippen molar-refractivity contribution >= 4 is 23.2 Å². The number of amides is 1. The summed E-state index contributed by atoms with van der Waals surface area (Å²) in [6.07, 6.45) is 2.49. The molecule has 0 atom stereocenters. The highest BCUT2D eigenvalue weighted by Crippen LogP contribution is 2.34. The van der Waals surface area contributed by atoms with Crippen LogP contribution in [0.2, 0.25) is 0 Å². The minimum atomic E-state index is -0.132. The summed E-state index contributed by atoms with van der Waals surface area (Å²) in [4.78, 5) is 25.4. The van der Waals surface area contributed by atoms with Gasteiger partial charge in [0.2, 0.25) is 5.91 Å². The largest absolute Gasteiger partial charge is 0.455 e. The fourth-order valence-corrected chi connectivity index (χ4v) is 4.08. The maximum atomic E-state index is 12.3. The van der Waals surface area contributed by atoms with Crippen LogP contribution in [0.3, 0.4) is 0 Å². The number of anilines is 3. The van der Waals surface area contributed by atoms with E-state index in [-0.39, 0.29) is 30.4 Å². The maximum Gasteiger partial charge on any atom is 0.320 e. The Kier molecular flexibility index (Phi) is 5.14. The third-order valence-corrected chi connectivity index (χ3v) is 5.65. The molecule has 9 heteroatoms. The molecule has 1 aromatic carbocycles. The fraction of sp³-hybridized carbons (Fsp3) is 0.476. The van der Waals surface area contributed by atoms with Gasteiger partial charge in [0.25, 0.3) is 0 Å². The predicted octanol–water partition coefficient (Wildman–Crippen LogP) is 1.39. The molecule has 2 saturated heterocycles. The van der Waals surface area contributed by atoms with Crippen molar-refractivity contribution in [3.63, 3.8) is 0 Å². The van der Waals surface area contributed by atoms with E-state index < -0.39 is 0 Å². The van der Waals surface area contributed by atoms with Gasteiger partial charge in [-0.25, -0.2) is 0 Å². The molecule has 30 heavy (non-hydrogen) atoms. The van der Waals surface area contributed by atoms with Crippen LogP contribution in [0.25, 0.3) is 0 Å². The number of nitrogen functional groups attached to an aromatic ring is 1. The van der Waals surface area contributed by atoms with Crippen molar-refractivity contribution in [2.45, 2.75) is 32.0 Å². The lowest BCUT2D eigenvalue weighted by atomic mass is 10.1. The average molecular weight is 410 g/mol. The Morgan fingerprint density at radius 1 is 1.17 bits per heavy atom. The van der Waals surface area contributed by atoms with Crippen molar-refractivity contribution in [1.29, 1.82) is 0 Å². The smallest absolute Gasteiger partial charge is 0.320 e. The first kappa shape index (κ1) is 19.1. The number of hydrogen-bond acceptors (Lipinski definition) is 8.